The molecule has 0 amide bonds. The summed E-state index contributed by atoms with van der Waals surface area (Å²) in [4.78, 5) is 0. The van der Waals surface area contributed by atoms with Crippen LogP contribution in [0.2, 0.25) is 0 Å². The maximum absolute atomic E-state index is 13.0. The quantitative estimate of drug-likeness (QED) is 0.625. The Morgan fingerprint density at radius 1 is 0.654 bits per heavy atom. The first-order valence-corrected chi connectivity index (χ1v) is 8.68. The highest BCUT2D eigenvalue weighted by atomic mass is 19.1. The van der Waals surface area contributed by atoms with Crippen LogP contribution in [-0.2, 0) is 0 Å². The van der Waals surface area contributed by atoms with E-state index < -0.39 is 0 Å². The zero-order valence-corrected chi connectivity index (χ0v) is 14.4. The second kappa shape index (κ2) is 8.59. The normalized spacial score (nSPS) is 13.2. The van der Waals surface area contributed by atoms with Crippen LogP contribution in [0.5, 0.6) is 5.75 Å². The van der Waals surface area contributed by atoms with E-state index in [9.17, 15) is 13.9 Å². The summed E-state index contributed by atoms with van der Waals surface area (Å²) in [5, 5.41) is 13.1. The van der Waals surface area contributed by atoms with Crippen LogP contribution < -0.4 is 5.32 Å². The molecule has 4 rings (SSSR count). The van der Waals surface area contributed by atoms with Gasteiger partial charge in [-0.05, 0) is 90.6 Å². The molecule has 0 saturated carbocycles. The molecule has 1 aliphatic rings. The van der Waals surface area contributed by atoms with E-state index in [-0.39, 0.29) is 18.8 Å². The van der Waals surface area contributed by atoms with Gasteiger partial charge in [0.2, 0.25) is 0 Å². The summed E-state index contributed by atoms with van der Waals surface area (Å²) in [6.07, 6.45) is 2.78. The van der Waals surface area contributed by atoms with Gasteiger partial charge in [-0.15, -0.1) is 0 Å². The number of phenolic OH excluding ortho intramolecular Hbond substituents is 1. The van der Waals surface area contributed by atoms with Crippen molar-refractivity contribution in [2.24, 2.45) is 0 Å². The molecule has 4 heteroatoms. The molecule has 2 nitrogen and oxygen atoms in total. The van der Waals surface area contributed by atoms with E-state index in [2.05, 4.69) is 5.32 Å². The fourth-order valence-electron chi connectivity index (χ4n) is 2.85. The second-order valence-corrected chi connectivity index (χ2v) is 6.24. The standard InChI is InChI=1S/C18H12F2O.C4H9N.H2/c19-16-5-1-12(2-6-16)14-9-15(11-18(21)10-14)13-3-7-17(20)8-4-13;1-2-4-5-3-1;/h1-11,21H;5H,1-4H2;1H. The lowest BCUT2D eigenvalue weighted by molar-refractivity contribution is 0.476. The van der Waals surface area contributed by atoms with Crippen LogP contribution >= 0.6 is 0 Å². The molecule has 1 heterocycles. The molecule has 1 saturated heterocycles. The van der Waals surface area contributed by atoms with E-state index in [1.807, 2.05) is 6.07 Å². The lowest BCUT2D eigenvalue weighted by atomic mass is 9.98. The number of aromatic hydroxyl groups is 1. The van der Waals surface area contributed by atoms with Crippen molar-refractivity contribution >= 4 is 0 Å². The highest BCUT2D eigenvalue weighted by molar-refractivity contribution is 5.75. The fraction of sp³-hybridized carbons (Fsp3) is 0.182. The Balaban J connectivity index is 0.000000379. The number of hydrogen-bond donors (Lipinski definition) is 2. The molecule has 2 N–H and O–H groups in total. The van der Waals surface area contributed by atoms with Gasteiger partial charge in [-0.1, -0.05) is 24.3 Å². The first-order chi connectivity index (χ1) is 12.6. The van der Waals surface area contributed by atoms with Crippen molar-refractivity contribution in [2.75, 3.05) is 13.1 Å². The summed E-state index contributed by atoms with van der Waals surface area (Å²) in [6, 6.07) is 17.2. The van der Waals surface area contributed by atoms with Crippen molar-refractivity contribution in [3.8, 4) is 28.0 Å². The van der Waals surface area contributed by atoms with Gasteiger partial charge in [-0.25, -0.2) is 8.78 Å². The first-order valence-electron chi connectivity index (χ1n) is 8.68. The van der Waals surface area contributed by atoms with Crippen molar-refractivity contribution in [2.45, 2.75) is 12.8 Å². The fourth-order valence-corrected chi connectivity index (χ4v) is 2.85. The predicted octanol–water partition coefficient (Wildman–Crippen LogP) is 5.62. The SMILES string of the molecule is C1CCNC1.Oc1cc(-c2ccc(F)cc2)cc(-c2ccc(F)cc2)c1.[HH]. The first kappa shape index (κ1) is 18.1. The van der Waals surface area contributed by atoms with Gasteiger partial charge in [0.1, 0.15) is 17.4 Å². The van der Waals surface area contributed by atoms with E-state index in [1.54, 1.807) is 36.4 Å². The van der Waals surface area contributed by atoms with Gasteiger partial charge in [-0.3, -0.25) is 0 Å². The number of halogens is 2. The van der Waals surface area contributed by atoms with Gasteiger partial charge in [0, 0.05) is 1.43 Å². The molecular weight excluding hydrogens is 332 g/mol. The summed E-state index contributed by atoms with van der Waals surface area (Å²) in [5.41, 5.74) is 3.15. The second-order valence-electron chi connectivity index (χ2n) is 6.24. The Kier molecular flexibility index (Phi) is 5.97. The van der Waals surface area contributed by atoms with Crippen LogP contribution in [0, 0.1) is 11.6 Å². The summed E-state index contributed by atoms with van der Waals surface area (Å²) in [5.74, 6) is -0.508. The van der Waals surface area contributed by atoms with Gasteiger partial charge >= 0.3 is 0 Å². The Bertz CT molecular complexity index is 776. The van der Waals surface area contributed by atoms with Crippen LogP contribution in [0.4, 0.5) is 8.78 Å². The van der Waals surface area contributed by atoms with Crippen molar-refractivity contribution in [3.05, 3.63) is 78.4 Å². The monoisotopic (exact) mass is 355 g/mol. The van der Waals surface area contributed by atoms with Crippen LogP contribution in [0.25, 0.3) is 22.3 Å². The smallest absolute Gasteiger partial charge is 0.123 e. The van der Waals surface area contributed by atoms with Gasteiger partial charge in [0.15, 0.2) is 0 Å². The topological polar surface area (TPSA) is 32.3 Å². The maximum atomic E-state index is 13.0. The van der Waals surface area contributed by atoms with Crippen molar-refractivity contribution in [1.82, 2.24) is 5.32 Å². The molecule has 1 aliphatic heterocycles. The van der Waals surface area contributed by atoms with Gasteiger partial charge < -0.3 is 10.4 Å². The number of rotatable bonds is 2. The third kappa shape index (κ3) is 4.90. The third-order valence-corrected chi connectivity index (χ3v) is 4.23. The Morgan fingerprint density at radius 3 is 1.42 bits per heavy atom. The van der Waals surface area contributed by atoms with Crippen LogP contribution in [-0.4, -0.2) is 18.2 Å². The molecule has 0 radical (unpaired) electrons. The van der Waals surface area contributed by atoms with Gasteiger partial charge in [0.25, 0.3) is 0 Å². The summed E-state index contributed by atoms with van der Waals surface area (Å²) < 4.78 is 26.0. The minimum atomic E-state index is -0.308. The average Bonchev–Trinajstić information content (AvgIpc) is 3.22. The molecule has 0 aromatic heterocycles. The Hall–Kier alpha value is -2.72. The average molecular weight is 355 g/mol. The van der Waals surface area contributed by atoms with E-state index in [0.717, 1.165) is 22.3 Å². The summed E-state index contributed by atoms with van der Waals surface area (Å²) >= 11 is 0. The maximum Gasteiger partial charge on any atom is 0.123 e. The van der Waals surface area contributed by atoms with E-state index in [1.165, 1.54) is 50.2 Å². The summed E-state index contributed by atoms with van der Waals surface area (Å²) in [7, 11) is 0. The van der Waals surface area contributed by atoms with Crippen molar-refractivity contribution < 1.29 is 15.3 Å². The number of hydrogen-bond acceptors (Lipinski definition) is 2. The van der Waals surface area contributed by atoms with Crippen molar-refractivity contribution in [1.29, 1.82) is 0 Å². The van der Waals surface area contributed by atoms with Crippen LogP contribution in [0.15, 0.2) is 66.7 Å². The molecule has 26 heavy (non-hydrogen) atoms. The van der Waals surface area contributed by atoms with E-state index in [0.29, 0.717) is 0 Å². The molecule has 0 bridgehead atoms. The molecule has 0 unspecified atom stereocenters. The Labute approximate surface area is 153 Å². The zero-order valence-electron chi connectivity index (χ0n) is 14.4. The molecular formula is C22H23F2NO. The molecule has 0 atom stereocenters. The predicted molar refractivity (Wildman–Crippen MR) is 103 cm³/mol. The van der Waals surface area contributed by atoms with Crippen LogP contribution in [0.3, 0.4) is 0 Å². The molecule has 3 aromatic rings. The van der Waals surface area contributed by atoms with Gasteiger partial charge in [0.05, 0.1) is 0 Å². The van der Waals surface area contributed by atoms with E-state index >= 15 is 0 Å². The van der Waals surface area contributed by atoms with Gasteiger partial charge in [-0.2, -0.15) is 0 Å². The lowest BCUT2D eigenvalue weighted by Crippen LogP contribution is -2.03. The van der Waals surface area contributed by atoms with Crippen LogP contribution in [0.1, 0.15) is 14.3 Å². The number of benzene rings is 3. The summed E-state index contributed by atoms with van der Waals surface area (Å²) in [6.45, 7) is 2.50. The molecule has 1 fully saturated rings. The highest BCUT2D eigenvalue weighted by Crippen LogP contribution is 2.31. The Morgan fingerprint density at radius 2 is 1.08 bits per heavy atom. The third-order valence-electron chi connectivity index (χ3n) is 4.23. The number of nitrogens with one attached hydrogen (secondary N) is 1. The van der Waals surface area contributed by atoms with Crippen molar-refractivity contribution in [3.63, 3.8) is 0 Å². The largest absolute Gasteiger partial charge is 0.508 e. The molecule has 0 spiro atoms. The zero-order chi connectivity index (χ0) is 18.4. The highest BCUT2D eigenvalue weighted by Gasteiger charge is 2.05. The minimum Gasteiger partial charge on any atom is -0.508 e. The molecule has 136 valence electrons. The van der Waals surface area contributed by atoms with E-state index in [4.69, 9.17) is 0 Å². The molecule has 0 aliphatic carbocycles. The number of phenols is 1. The molecule has 3 aromatic carbocycles. The minimum absolute atomic E-state index is 0. The lowest BCUT2D eigenvalue weighted by Gasteiger charge is -2.08.